The van der Waals surface area contributed by atoms with Crippen molar-refractivity contribution in [2.75, 3.05) is 50.6 Å². The van der Waals surface area contributed by atoms with E-state index in [9.17, 15) is 14.9 Å². The lowest BCUT2D eigenvalue weighted by molar-refractivity contribution is -0.383. The van der Waals surface area contributed by atoms with Crippen molar-refractivity contribution in [3.63, 3.8) is 0 Å². The number of methoxy groups -OCH3 is 1. The molecule has 0 radical (unpaired) electrons. The fourth-order valence-corrected chi connectivity index (χ4v) is 2.48. The standard InChI is InChI=1S/C14H22N6O4/c1-14(2,13(21)24-4)17-11-10(20(22)23)12(16-9-15-11)19-7-5-18(3)6-8-19/h9H,5-8H2,1-4H3,(H,15,16,17). The van der Waals surface area contributed by atoms with E-state index in [4.69, 9.17) is 4.74 Å². The lowest BCUT2D eigenvalue weighted by Gasteiger charge is -2.33. The molecule has 0 atom stereocenters. The number of hydrogen-bond acceptors (Lipinski definition) is 9. The predicted octanol–water partition coefficient (Wildman–Crippen LogP) is 0.500. The first kappa shape index (κ1) is 17.9. The van der Waals surface area contributed by atoms with Crippen LogP contribution in [0, 0.1) is 10.1 Å². The molecule has 0 amide bonds. The minimum Gasteiger partial charge on any atom is -0.467 e. The molecule has 1 aromatic heterocycles. The van der Waals surface area contributed by atoms with Gasteiger partial charge < -0.3 is 19.9 Å². The highest BCUT2D eigenvalue weighted by Crippen LogP contribution is 2.33. The van der Waals surface area contributed by atoms with Crippen molar-refractivity contribution in [1.82, 2.24) is 14.9 Å². The van der Waals surface area contributed by atoms with E-state index in [-0.39, 0.29) is 17.3 Å². The number of rotatable bonds is 5. The van der Waals surface area contributed by atoms with E-state index in [1.807, 2.05) is 11.9 Å². The SMILES string of the molecule is COC(=O)C(C)(C)Nc1ncnc(N2CCN(C)CC2)c1[N+](=O)[O-]. The third-order valence-electron chi connectivity index (χ3n) is 3.91. The number of esters is 1. The first-order chi connectivity index (χ1) is 11.3. The molecule has 0 aromatic carbocycles. The van der Waals surface area contributed by atoms with E-state index in [1.54, 1.807) is 13.8 Å². The van der Waals surface area contributed by atoms with E-state index < -0.39 is 16.4 Å². The van der Waals surface area contributed by atoms with Gasteiger partial charge in [-0.25, -0.2) is 14.8 Å². The fourth-order valence-electron chi connectivity index (χ4n) is 2.48. The zero-order valence-corrected chi connectivity index (χ0v) is 14.3. The minimum atomic E-state index is -1.16. The van der Waals surface area contributed by atoms with E-state index >= 15 is 0 Å². The molecule has 0 spiro atoms. The number of nitrogens with zero attached hydrogens (tertiary/aromatic N) is 5. The van der Waals surface area contributed by atoms with Crippen LogP contribution in [0.1, 0.15) is 13.8 Å². The van der Waals surface area contributed by atoms with Gasteiger partial charge >= 0.3 is 11.7 Å². The number of piperazine rings is 1. The summed E-state index contributed by atoms with van der Waals surface area (Å²) in [7, 11) is 3.26. The van der Waals surface area contributed by atoms with Crippen molar-refractivity contribution in [2.45, 2.75) is 19.4 Å². The molecular formula is C14H22N6O4. The topological polar surface area (TPSA) is 114 Å². The summed E-state index contributed by atoms with van der Waals surface area (Å²) in [6.07, 6.45) is 1.26. The lowest BCUT2D eigenvalue weighted by atomic mass is 10.1. The average Bonchev–Trinajstić information content (AvgIpc) is 2.53. The third kappa shape index (κ3) is 3.70. The van der Waals surface area contributed by atoms with Crippen molar-refractivity contribution in [3.8, 4) is 0 Å². The molecule has 2 rings (SSSR count). The highest BCUT2D eigenvalue weighted by molar-refractivity contribution is 5.85. The number of nitro groups is 1. The molecule has 132 valence electrons. The molecule has 10 nitrogen and oxygen atoms in total. The Bertz CT molecular complexity index is 628. The average molecular weight is 338 g/mol. The van der Waals surface area contributed by atoms with E-state index in [0.29, 0.717) is 13.1 Å². The molecule has 10 heteroatoms. The molecule has 1 aromatic rings. The quantitative estimate of drug-likeness (QED) is 0.465. The number of hydrogen-bond donors (Lipinski definition) is 1. The van der Waals surface area contributed by atoms with Gasteiger partial charge in [-0.2, -0.15) is 0 Å². The molecule has 0 saturated carbocycles. The lowest BCUT2D eigenvalue weighted by Crippen LogP contribution is -2.45. The van der Waals surface area contributed by atoms with Crippen LogP contribution in [-0.4, -0.2) is 71.6 Å². The molecular weight excluding hydrogens is 316 g/mol. The van der Waals surface area contributed by atoms with Crippen LogP contribution in [0.2, 0.25) is 0 Å². The molecule has 1 aliphatic rings. The van der Waals surface area contributed by atoms with Crippen LogP contribution in [0.15, 0.2) is 6.33 Å². The van der Waals surface area contributed by atoms with Gasteiger partial charge in [-0.05, 0) is 20.9 Å². The van der Waals surface area contributed by atoms with E-state index in [0.717, 1.165) is 13.1 Å². The molecule has 24 heavy (non-hydrogen) atoms. The summed E-state index contributed by atoms with van der Waals surface area (Å²) < 4.78 is 4.72. The Kier molecular flexibility index (Phi) is 5.17. The Morgan fingerprint density at radius 1 is 1.33 bits per heavy atom. The summed E-state index contributed by atoms with van der Waals surface area (Å²) in [5, 5.41) is 14.4. The molecule has 0 aliphatic carbocycles. The predicted molar refractivity (Wildman–Crippen MR) is 88.1 cm³/mol. The van der Waals surface area contributed by atoms with Crippen LogP contribution >= 0.6 is 0 Å². The fraction of sp³-hybridized carbons (Fsp3) is 0.643. The highest BCUT2D eigenvalue weighted by atomic mass is 16.6. The first-order valence-electron chi connectivity index (χ1n) is 7.55. The number of ether oxygens (including phenoxy) is 1. The first-order valence-corrected chi connectivity index (χ1v) is 7.55. The van der Waals surface area contributed by atoms with E-state index in [2.05, 4.69) is 20.2 Å². The van der Waals surface area contributed by atoms with Crippen molar-refractivity contribution in [2.24, 2.45) is 0 Å². The molecule has 1 N–H and O–H groups in total. The number of carbonyl (C=O) groups excluding carboxylic acids is 1. The van der Waals surface area contributed by atoms with Crippen LogP contribution in [-0.2, 0) is 9.53 Å². The van der Waals surface area contributed by atoms with Gasteiger partial charge in [0.15, 0.2) is 0 Å². The molecule has 1 fully saturated rings. The monoisotopic (exact) mass is 338 g/mol. The van der Waals surface area contributed by atoms with Gasteiger partial charge in [-0.1, -0.05) is 0 Å². The van der Waals surface area contributed by atoms with Crippen molar-refractivity contribution in [1.29, 1.82) is 0 Å². The number of likely N-dealkylation sites (N-methyl/N-ethyl adjacent to an activating group) is 1. The summed E-state index contributed by atoms with van der Waals surface area (Å²) >= 11 is 0. The second-order valence-corrected chi connectivity index (χ2v) is 6.18. The number of carbonyl (C=O) groups is 1. The van der Waals surface area contributed by atoms with Gasteiger partial charge in [0, 0.05) is 26.2 Å². The summed E-state index contributed by atoms with van der Waals surface area (Å²) in [5.74, 6) is -0.290. The van der Waals surface area contributed by atoms with Crippen LogP contribution in [0.4, 0.5) is 17.3 Å². The smallest absolute Gasteiger partial charge is 0.353 e. The summed E-state index contributed by atoms with van der Waals surface area (Å²) in [6, 6.07) is 0. The van der Waals surface area contributed by atoms with Gasteiger partial charge in [-0.15, -0.1) is 0 Å². The van der Waals surface area contributed by atoms with Crippen LogP contribution < -0.4 is 10.2 Å². The Morgan fingerprint density at radius 3 is 2.50 bits per heavy atom. The zero-order valence-electron chi connectivity index (χ0n) is 14.3. The maximum absolute atomic E-state index is 11.8. The zero-order chi connectivity index (χ0) is 17.9. The van der Waals surface area contributed by atoms with Gasteiger partial charge in [-0.3, -0.25) is 10.1 Å². The van der Waals surface area contributed by atoms with Gasteiger partial charge in [0.05, 0.1) is 12.0 Å². The minimum absolute atomic E-state index is 0.000622. The number of aromatic nitrogens is 2. The second kappa shape index (κ2) is 6.95. The van der Waals surface area contributed by atoms with Crippen molar-refractivity contribution >= 4 is 23.3 Å². The molecule has 2 heterocycles. The molecule has 0 bridgehead atoms. The van der Waals surface area contributed by atoms with Crippen LogP contribution in [0.25, 0.3) is 0 Å². The number of anilines is 2. The second-order valence-electron chi connectivity index (χ2n) is 6.18. The van der Waals surface area contributed by atoms with Crippen molar-refractivity contribution < 1.29 is 14.5 Å². The Labute approximate surface area is 140 Å². The molecule has 1 aliphatic heterocycles. The van der Waals surface area contributed by atoms with Gasteiger partial charge in [0.2, 0.25) is 11.6 Å². The Hall–Kier alpha value is -2.49. The van der Waals surface area contributed by atoms with Gasteiger partial charge in [0.1, 0.15) is 11.9 Å². The highest BCUT2D eigenvalue weighted by Gasteiger charge is 2.35. The normalized spacial score (nSPS) is 15.9. The largest absolute Gasteiger partial charge is 0.467 e. The summed E-state index contributed by atoms with van der Waals surface area (Å²) in [6.45, 7) is 5.98. The van der Waals surface area contributed by atoms with Crippen LogP contribution in [0.5, 0.6) is 0 Å². The van der Waals surface area contributed by atoms with Gasteiger partial charge in [0.25, 0.3) is 0 Å². The Morgan fingerprint density at radius 2 is 1.96 bits per heavy atom. The van der Waals surface area contributed by atoms with E-state index in [1.165, 1.54) is 13.4 Å². The van der Waals surface area contributed by atoms with Crippen LogP contribution in [0.3, 0.4) is 0 Å². The molecule has 1 saturated heterocycles. The maximum atomic E-state index is 11.8. The maximum Gasteiger partial charge on any atom is 0.353 e. The summed E-state index contributed by atoms with van der Waals surface area (Å²) in [4.78, 5) is 35.0. The Balaban J connectivity index is 2.37. The summed E-state index contributed by atoms with van der Waals surface area (Å²) in [5.41, 5.74) is -1.40. The number of nitrogens with one attached hydrogen (secondary N) is 1. The molecule has 0 unspecified atom stereocenters. The van der Waals surface area contributed by atoms with Crippen molar-refractivity contribution in [3.05, 3.63) is 16.4 Å². The third-order valence-corrected chi connectivity index (χ3v) is 3.91.